The smallest absolute Gasteiger partial charge is 0.173 e. The van der Waals surface area contributed by atoms with Crippen LogP contribution in [0.15, 0.2) is 8.95 Å². The highest BCUT2D eigenvalue weighted by molar-refractivity contribution is 9.24. The summed E-state index contributed by atoms with van der Waals surface area (Å²) in [6, 6.07) is 0. The largest absolute Gasteiger partial charge is 0.504 e. The number of hydrogen-bond acceptors (Lipinski definition) is 2. The van der Waals surface area contributed by atoms with Crippen molar-refractivity contribution in [3.8, 4) is 11.5 Å². The molecule has 1 aromatic carbocycles. The number of alkyl halides is 2. The molecule has 1 rings (SSSR count). The second-order valence-electron chi connectivity index (χ2n) is 2.66. The summed E-state index contributed by atoms with van der Waals surface area (Å²) in [7, 11) is 0. The molecule has 0 aromatic heterocycles. The number of rotatable bonds is 1. The summed E-state index contributed by atoms with van der Waals surface area (Å²) in [6.45, 7) is 1.73. The molecule has 0 aliphatic rings. The molecule has 0 amide bonds. The van der Waals surface area contributed by atoms with Gasteiger partial charge in [-0.3, -0.25) is 0 Å². The zero-order valence-electron chi connectivity index (χ0n) is 6.98. The van der Waals surface area contributed by atoms with E-state index in [-0.39, 0.29) is 15.2 Å². The first-order chi connectivity index (χ1) is 6.37. The van der Waals surface area contributed by atoms with Crippen LogP contribution < -0.4 is 0 Å². The maximum absolute atomic E-state index is 9.60. The normalized spacial score (nSPS) is 11.0. The first-order valence-corrected chi connectivity index (χ1v) is 6.97. The maximum Gasteiger partial charge on any atom is 0.173 e. The van der Waals surface area contributed by atoms with Crippen LogP contribution in [0.3, 0.4) is 0 Å². The summed E-state index contributed by atoms with van der Waals surface area (Å²) >= 11 is 13.2. The van der Waals surface area contributed by atoms with Gasteiger partial charge in [0.25, 0.3) is 0 Å². The van der Waals surface area contributed by atoms with Crippen LogP contribution in [0.4, 0.5) is 0 Å². The first kappa shape index (κ1) is 12.8. The van der Waals surface area contributed by atoms with E-state index in [1.165, 1.54) is 0 Å². The van der Waals surface area contributed by atoms with Crippen molar-refractivity contribution in [2.75, 3.05) is 0 Å². The van der Waals surface area contributed by atoms with Crippen molar-refractivity contribution in [3.05, 3.63) is 20.1 Å². The van der Waals surface area contributed by atoms with Crippen LogP contribution in [-0.2, 0) is 0 Å². The minimum atomic E-state index is -0.154. The monoisotopic (exact) mass is 450 g/mol. The highest BCUT2D eigenvalue weighted by Crippen LogP contribution is 2.48. The summed E-state index contributed by atoms with van der Waals surface area (Å²) in [4.78, 5) is 0. The Morgan fingerprint density at radius 3 is 1.93 bits per heavy atom. The van der Waals surface area contributed by atoms with E-state index < -0.39 is 0 Å². The van der Waals surface area contributed by atoms with Gasteiger partial charge < -0.3 is 10.2 Å². The van der Waals surface area contributed by atoms with E-state index in [0.717, 1.165) is 5.56 Å². The van der Waals surface area contributed by atoms with Gasteiger partial charge in [0.1, 0.15) is 0 Å². The first-order valence-electron chi connectivity index (χ1n) is 3.55. The van der Waals surface area contributed by atoms with Gasteiger partial charge in [0.15, 0.2) is 11.5 Å². The number of halogens is 4. The number of hydrogen-bond donors (Lipinski definition) is 2. The van der Waals surface area contributed by atoms with Crippen LogP contribution in [0.5, 0.6) is 11.5 Å². The van der Waals surface area contributed by atoms with Crippen LogP contribution in [0.25, 0.3) is 0 Å². The zero-order chi connectivity index (χ0) is 11.0. The fraction of sp³-hybridized carbons (Fsp3) is 0.250. The number of phenolic OH excluding ortho intramolecular Hbond substituents is 2. The summed E-state index contributed by atoms with van der Waals surface area (Å²) < 4.78 is 1.07. The Hall–Kier alpha value is 0.740. The SMILES string of the molecule is Cc1c(O)c(O)c(Br)c(Br)c1C(Br)Br. The molecule has 14 heavy (non-hydrogen) atoms. The highest BCUT2D eigenvalue weighted by atomic mass is 79.9. The van der Waals surface area contributed by atoms with Gasteiger partial charge in [0, 0.05) is 10.0 Å². The average Bonchev–Trinajstić information content (AvgIpc) is 2.11. The van der Waals surface area contributed by atoms with E-state index in [9.17, 15) is 10.2 Å². The second-order valence-corrected chi connectivity index (χ2v) is 7.31. The molecular weight excluding hydrogens is 448 g/mol. The molecule has 0 aliphatic heterocycles. The molecule has 78 valence electrons. The average molecular weight is 454 g/mol. The summed E-state index contributed by atoms with van der Waals surface area (Å²) in [6.07, 6.45) is 0. The van der Waals surface area contributed by atoms with E-state index >= 15 is 0 Å². The van der Waals surface area contributed by atoms with Crippen molar-refractivity contribution < 1.29 is 10.2 Å². The molecule has 6 heteroatoms. The Labute approximate surface area is 115 Å². The van der Waals surface area contributed by atoms with Gasteiger partial charge >= 0.3 is 0 Å². The molecule has 2 N–H and O–H groups in total. The molecule has 0 saturated heterocycles. The molecule has 0 atom stereocenters. The lowest BCUT2D eigenvalue weighted by molar-refractivity contribution is 0.398. The summed E-state index contributed by atoms with van der Waals surface area (Å²) in [5.74, 6) is -0.266. The van der Waals surface area contributed by atoms with Crippen LogP contribution >= 0.6 is 63.7 Å². The van der Waals surface area contributed by atoms with Crippen LogP contribution in [0.1, 0.15) is 14.9 Å². The fourth-order valence-corrected chi connectivity index (χ4v) is 3.93. The van der Waals surface area contributed by atoms with Gasteiger partial charge in [-0.25, -0.2) is 0 Å². The van der Waals surface area contributed by atoms with Crippen molar-refractivity contribution in [2.45, 2.75) is 10.7 Å². The van der Waals surface area contributed by atoms with Gasteiger partial charge in [0.2, 0.25) is 0 Å². The predicted molar refractivity (Wildman–Crippen MR) is 70.5 cm³/mol. The molecular formula is C8H6Br4O2. The van der Waals surface area contributed by atoms with Gasteiger partial charge in [0.05, 0.1) is 8.21 Å². The van der Waals surface area contributed by atoms with E-state index in [1.54, 1.807) is 6.92 Å². The molecule has 0 radical (unpaired) electrons. The van der Waals surface area contributed by atoms with Crippen molar-refractivity contribution in [1.82, 2.24) is 0 Å². The molecule has 0 aliphatic carbocycles. The van der Waals surface area contributed by atoms with Crippen LogP contribution in [0, 0.1) is 6.92 Å². The zero-order valence-corrected chi connectivity index (χ0v) is 13.3. The van der Waals surface area contributed by atoms with Gasteiger partial charge in [-0.2, -0.15) is 0 Å². The highest BCUT2D eigenvalue weighted by Gasteiger charge is 2.21. The second kappa shape index (κ2) is 4.72. The summed E-state index contributed by atoms with van der Waals surface area (Å²) in [5, 5.41) is 19.1. The minimum Gasteiger partial charge on any atom is -0.504 e. The lowest BCUT2D eigenvalue weighted by atomic mass is 10.1. The van der Waals surface area contributed by atoms with E-state index in [1.807, 2.05) is 0 Å². The Balaban J connectivity index is 3.60. The van der Waals surface area contributed by atoms with E-state index in [0.29, 0.717) is 14.5 Å². The molecule has 0 heterocycles. The van der Waals surface area contributed by atoms with Crippen LogP contribution in [0.2, 0.25) is 0 Å². The Morgan fingerprint density at radius 2 is 1.50 bits per heavy atom. The third kappa shape index (κ3) is 2.13. The maximum atomic E-state index is 9.60. The lowest BCUT2D eigenvalue weighted by Crippen LogP contribution is -1.92. The Morgan fingerprint density at radius 1 is 1.00 bits per heavy atom. The third-order valence-electron chi connectivity index (χ3n) is 1.84. The van der Waals surface area contributed by atoms with E-state index in [2.05, 4.69) is 63.7 Å². The molecule has 2 nitrogen and oxygen atoms in total. The van der Waals surface area contributed by atoms with Gasteiger partial charge in [-0.05, 0) is 44.3 Å². The molecule has 0 bridgehead atoms. The van der Waals surface area contributed by atoms with Crippen molar-refractivity contribution in [2.24, 2.45) is 0 Å². The van der Waals surface area contributed by atoms with Crippen molar-refractivity contribution in [3.63, 3.8) is 0 Å². The Kier molecular flexibility index (Phi) is 4.32. The van der Waals surface area contributed by atoms with E-state index in [4.69, 9.17) is 0 Å². The molecule has 0 fully saturated rings. The fourth-order valence-electron chi connectivity index (χ4n) is 1.06. The molecule has 1 aromatic rings. The quantitative estimate of drug-likeness (QED) is 0.477. The molecule has 0 spiro atoms. The standard InChI is InChI=1S/C8H6Br4O2/c1-2-3(8(11)12)4(9)5(10)7(14)6(2)13/h8,13-14H,1H3. The van der Waals surface area contributed by atoms with Gasteiger partial charge in [-0.1, -0.05) is 31.9 Å². The number of benzene rings is 1. The molecule has 0 unspecified atom stereocenters. The predicted octanol–water partition coefficient (Wildman–Crippen LogP) is 4.72. The third-order valence-corrected chi connectivity index (χ3v) is 4.88. The lowest BCUT2D eigenvalue weighted by Gasteiger charge is -2.14. The summed E-state index contributed by atoms with van der Waals surface area (Å²) in [5.41, 5.74) is 1.46. The van der Waals surface area contributed by atoms with Crippen LogP contribution in [-0.4, -0.2) is 10.2 Å². The van der Waals surface area contributed by atoms with Gasteiger partial charge in [-0.15, -0.1) is 0 Å². The molecule has 0 saturated carbocycles. The topological polar surface area (TPSA) is 40.5 Å². The number of phenols is 2. The van der Waals surface area contributed by atoms with Crippen molar-refractivity contribution in [1.29, 1.82) is 0 Å². The minimum absolute atomic E-state index is 0.0906. The van der Waals surface area contributed by atoms with Crippen molar-refractivity contribution >= 4 is 63.7 Å². The number of aromatic hydroxyl groups is 2. The Bertz CT molecular complexity index is 347.